The van der Waals surface area contributed by atoms with E-state index in [1.807, 2.05) is 13.0 Å². The van der Waals surface area contributed by atoms with E-state index in [2.05, 4.69) is 6.58 Å². The molecule has 1 aliphatic rings. The fourth-order valence-electron chi connectivity index (χ4n) is 3.10. The normalized spacial score (nSPS) is 14.7. The fourth-order valence-corrected chi connectivity index (χ4v) is 3.92. The number of rotatable bonds is 9. The number of ether oxygens (including phenoxy) is 2. The molecule has 0 saturated carbocycles. The lowest BCUT2D eigenvalue weighted by molar-refractivity contribution is -0.121. The molecule has 0 aromatic heterocycles. The summed E-state index contributed by atoms with van der Waals surface area (Å²) in [6, 6.07) is 10.1. The van der Waals surface area contributed by atoms with Gasteiger partial charge in [0.2, 0.25) is 0 Å². The predicted molar refractivity (Wildman–Crippen MR) is 123 cm³/mol. The number of carboxylic acids is 1. The Labute approximate surface area is 190 Å². The number of thioether (sulfide) groups is 1. The molecule has 1 saturated heterocycles. The number of allylic oxidation sites excluding steroid dienone is 1. The van der Waals surface area contributed by atoms with Gasteiger partial charge < -0.3 is 14.6 Å². The molecule has 1 fully saturated rings. The van der Waals surface area contributed by atoms with Crippen LogP contribution in [0.15, 0.2) is 54.0 Å². The molecule has 1 N–H and O–H groups in total. The lowest BCUT2D eigenvalue weighted by Gasteiger charge is -2.17. The van der Waals surface area contributed by atoms with Gasteiger partial charge in [-0.05, 0) is 66.6 Å². The molecule has 0 unspecified atom stereocenters. The summed E-state index contributed by atoms with van der Waals surface area (Å²) >= 11 is 0.894. The first-order valence-corrected chi connectivity index (χ1v) is 10.7. The Hall–Kier alpha value is -3.52. The van der Waals surface area contributed by atoms with Gasteiger partial charge in [0.25, 0.3) is 11.1 Å². The van der Waals surface area contributed by atoms with E-state index in [1.54, 1.807) is 30.4 Å². The van der Waals surface area contributed by atoms with Crippen LogP contribution in [-0.2, 0) is 17.8 Å². The molecule has 2 aromatic carbocycles. The Morgan fingerprint density at radius 3 is 2.47 bits per heavy atom. The SMILES string of the molecule is C=CCc1cc(/C=C2\SC(=O)N(C)C2=O)cc(OCC)c1OCc1ccc(C(=O)O)cc1. The maximum absolute atomic E-state index is 12.2. The highest BCUT2D eigenvalue weighted by Crippen LogP contribution is 2.37. The van der Waals surface area contributed by atoms with Crippen molar-refractivity contribution in [1.29, 1.82) is 0 Å². The van der Waals surface area contributed by atoms with Crippen molar-refractivity contribution in [1.82, 2.24) is 4.90 Å². The molecule has 3 rings (SSSR count). The van der Waals surface area contributed by atoms with E-state index in [-0.39, 0.29) is 23.3 Å². The number of imide groups is 1. The van der Waals surface area contributed by atoms with Crippen LogP contribution in [0.25, 0.3) is 6.08 Å². The molecule has 0 atom stereocenters. The van der Waals surface area contributed by atoms with Crippen molar-refractivity contribution in [3.05, 3.63) is 76.2 Å². The molecular formula is C24H23NO6S. The number of carbonyl (C=O) groups is 3. The van der Waals surface area contributed by atoms with Gasteiger partial charge in [-0.25, -0.2) is 4.79 Å². The summed E-state index contributed by atoms with van der Waals surface area (Å²) in [6.07, 6.45) is 3.91. The lowest BCUT2D eigenvalue weighted by atomic mass is 10.0. The Bertz CT molecular complexity index is 1090. The minimum atomic E-state index is -0.985. The second kappa shape index (κ2) is 10.2. The van der Waals surface area contributed by atoms with Crippen LogP contribution in [0.4, 0.5) is 4.79 Å². The molecule has 7 nitrogen and oxygen atoms in total. The largest absolute Gasteiger partial charge is 0.490 e. The maximum atomic E-state index is 12.2. The van der Waals surface area contributed by atoms with Crippen molar-refractivity contribution in [3.8, 4) is 11.5 Å². The summed E-state index contributed by atoms with van der Waals surface area (Å²) in [4.78, 5) is 36.5. The minimum Gasteiger partial charge on any atom is -0.490 e. The molecule has 32 heavy (non-hydrogen) atoms. The van der Waals surface area contributed by atoms with E-state index in [0.717, 1.165) is 27.8 Å². The first-order chi connectivity index (χ1) is 15.3. The molecule has 0 spiro atoms. The molecule has 0 radical (unpaired) electrons. The van der Waals surface area contributed by atoms with Crippen LogP contribution in [0.3, 0.4) is 0 Å². The van der Waals surface area contributed by atoms with Crippen molar-refractivity contribution >= 4 is 35.0 Å². The van der Waals surface area contributed by atoms with E-state index in [0.29, 0.717) is 35.0 Å². The van der Waals surface area contributed by atoms with Gasteiger partial charge in [-0.15, -0.1) is 6.58 Å². The first kappa shape index (κ1) is 23.1. The molecule has 166 valence electrons. The number of likely N-dealkylation sites (N-methyl/N-ethyl adjacent to an activating group) is 1. The van der Waals surface area contributed by atoms with Gasteiger partial charge in [-0.1, -0.05) is 18.2 Å². The van der Waals surface area contributed by atoms with Gasteiger partial charge in [0.15, 0.2) is 11.5 Å². The molecule has 2 amide bonds. The Morgan fingerprint density at radius 1 is 1.19 bits per heavy atom. The summed E-state index contributed by atoms with van der Waals surface area (Å²) < 4.78 is 11.9. The average Bonchev–Trinajstić information content (AvgIpc) is 3.00. The number of nitrogens with zero attached hydrogens (tertiary/aromatic N) is 1. The molecular weight excluding hydrogens is 430 g/mol. The Kier molecular flexibility index (Phi) is 7.37. The van der Waals surface area contributed by atoms with E-state index < -0.39 is 5.97 Å². The van der Waals surface area contributed by atoms with Gasteiger partial charge in [-0.2, -0.15) is 0 Å². The van der Waals surface area contributed by atoms with Crippen molar-refractivity contribution < 1.29 is 29.0 Å². The second-order valence-corrected chi connectivity index (χ2v) is 7.96. The van der Waals surface area contributed by atoms with E-state index in [1.165, 1.54) is 19.2 Å². The predicted octanol–water partition coefficient (Wildman–Crippen LogP) is 4.76. The zero-order chi connectivity index (χ0) is 23.3. The van der Waals surface area contributed by atoms with Crippen LogP contribution in [-0.4, -0.2) is 40.8 Å². The third-order valence-corrected chi connectivity index (χ3v) is 5.65. The van der Waals surface area contributed by atoms with Crippen LogP contribution in [0.5, 0.6) is 11.5 Å². The summed E-state index contributed by atoms with van der Waals surface area (Å²) in [7, 11) is 1.45. The van der Waals surface area contributed by atoms with Crippen LogP contribution >= 0.6 is 11.8 Å². The van der Waals surface area contributed by atoms with Crippen molar-refractivity contribution in [3.63, 3.8) is 0 Å². The lowest BCUT2D eigenvalue weighted by Crippen LogP contribution is -2.22. The molecule has 1 heterocycles. The van der Waals surface area contributed by atoms with Gasteiger partial charge in [0.1, 0.15) is 6.61 Å². The van der Waals surface area contributed by atoms with Crippen molar-refractivity contribution in [2.75, 3.05) is 13.7 Å². The van der Waals surface area contributed by atoms with Gasteiger partial charge in [0.05, 0.1) is 17.1 Å². The third kappa shape index (κ3) is 5.20. The Balaban J connectivity index is 1.92. The number of aromatic carboxylic acids is 1. The van der Waals surface area contributed by atoms with Gasteiger partial charge in [-0.3, -0.25) is 14.5 Å². The van der Waals surface area contributed by atoms with Crippen molar-refractivity contribution in [2.24, 2.45) is 0 Å². The average molecular weight is 454 g/mol. The third-order valence-electron chi connectivity index (χ3n) is 4.69. The zero-order valence-electron chi connectivity index (χ0n) is 17.8. The standard InChI is InChI=1S/C24H23NO6S/c1-4-6-18-11-16(13-20-22(26)25(3)24(29)32-20)12-19(30-5-2)21(18)31-14-15-7-9-17(10-8-15)23(27)28/h4,7-13H,1,5-6,14H2,2-3H3,(H,27,28)/b20-13-. The summed E-state index contributed by atoms with van der Waals surface area (Å²) in [5.41, 5.74) is 2.54. The highest BCUT2D eigenvalue weighted by atomic mass is 32.2. The summed E-state index contributed by atoms with van der Waals surface area (Å²) in [5, 5.41) is 8.73. The van der Waals surface area contributed by atoms with Gasteiger partial charge >= 0.3 is 5.97 Å². The van der Waals surface area contributed by atoms with Crippen molar-refractivity contribution in [2.45, 2.75) is 20.0 Å². The number of carboxylic acid groups (broad SMARTS) is 1. The number of hydrogen-bond donors (Lipinski definition) is 1. The number of benzene rings is 2. The first-order valence-electron chi connectivity index (χ1n) is 9.91. The minimum absolute atomic E-state index is 0.206. The quantitative estimate of drug-likeness (QED) is 0.432. The molecule has 1 aliphatic heterocycles. The van der Waals surface area contributed by atoms with Crippen LogP contribution < -0.4 is 9.47 Å². The fraction of sp³-hybridized carbons (Fsp3) is 0.208. The summed E-state index contributed by atoms with van der Waals surface area (Å²) in [5.74, 6) is -0.264. The molecule has 0 bridgehead atoms. The van der Waals surface area contributed by atoms with Gasteiger partial charge in [0, 0.05) is 12.6 Å². The Morgan fingerprint density at radius 2 is 1.91 bits per heavy atom. The smallest absolute Gasteiger partial charge is 0.335 e. The van der Waals surface area contributed by atoms with Crippen LogP contribution in [0.1, 0.15) is 34.0 Å². The van der Waals surface area contributed by atoms with Crippen LogP contribution in [0, 0.1) is 0 Å². The maximum Gasteiger partial charge on any atom is 0.335 e. The summed E-state index contributed by atoms with van der Waals surface area (Å²) in [6.45, 7) is 6.29. The van der Waals surface area contributed by atoms with Crippen LogP contribution in [0.2, 0.25) is 0 Å². The highest BCUT2D eigenvalue weighted by molar-refractivity contribution is 8.18. The number of hydrogen-bond acceptors (Lipinski definition) is 6. The molecule has 0 aliphatic carbocycles. The molecule has 8 heteroatoms. The topological polar surface area (TPSA) is 93.1 Å². The highest BCUT2D eigenvalue weighted by Gasteiger charge is 2.31. The second-order valence-electron chi connectivity index (χ2n) is 6.96. The van der Waals surface area contributed by atoms with E-state index in [9.17, 15) is 14.4 Å². The zero-order valence-corrected chi connectivity index (χ0v) is 18.6. The van der Waals surface area contributed by atoms with E-state index in [4.69, 9.17) is 14.6 Å². The van der Waals surface area contributed by atoms with E-state index >= 15 is 0 Å². The number of amides is 2. The number of carbonyl (C=O) groups excluding carboxylic acids is 2. The monoisotopic (exact) mass is 453 g/mol. The molecule has 2 aromatic rings.